The standard InChI is InChI=1S/C18H33N2O4P/c1-6-22-18(5,23-7-2)25(21,24-8-3)13-15(12-19)17-11-16(20)10-9-14(17)4/h9-11,15H,6-8,12-13,19-20H2,1-5H3. The summed E-state index contributed by atoms with van der Waals surface area (Å²) in [4.78, 5) is 0. The molecule has 0 aliphatic carbocycles. The molecule has 144 valence electrons. The average Bonchev–Trinajstić information content (AvgIpc) is 2.55. The molecule has 0 aliphatic heterocycles. The first kappa shape index (κ1) is 22.1. The first-order valence-electron chi connectivity index (χ1n) is 8.84. The maximum atomic E-state index is 13.8. The zero-order valence-corrected chi connectivity index (χ0v) is 17.0. The normalized spacial score (nSPS) is 15.8. The summed E-state index contributed by atoms with van der Waals surface area (Å²) < 4.78 is 31.0. The van der Waals surface area contributed by atoms with Crippen molar-refractivity contribution in [3.05, 3.63) is 29.3 Å². The van der Waals surface area contributed by atoms with E-state index in [1.807, 2.05) is 45.9 Å². The van der Waals surface area contributed by atoms with E-state index in [0.717, 1.165) is 11.1 Å². The summed E-state index contributed by atoms with van der Waals surface area (Å²) in [6, 6.07) is 5.68. The summed E-state index contributed by atoms with van der Waals surface area (Å²) in [5.74, 6) is -0.166. The average molecular weight is 372 g/mol. The second-order valence-electron chi connectivity index (χ2n) is 6.09. The predicted molar refractivity (Wildman–Crippen MR) is 103 cm³/mol. The Balaban J connectivity index is 3.27. The van der Waals surface area contributed by atoms with Gasteiger partial charge < -0.3 is 25.5 Å². The van der Waals surface area contributed by atoms with Crippen molar-refractivity contribution >= 4 is 13.1 Å². The third-order valence-corrected chi connectivity index (χ3v) is 7.36. The van der Waals surface area contributed by atoms with Gasteiger partial charge in [-0.25, -0.2) is 0 Å². The van der Waals surface area contributed by atoms with Gasteiger partial charge in [0.15, 0.2) is 0 Å². The van der Waals surface area contributed by atoms with E-state index >= 15 is 0 Å². The van der Waals surface area contributed by atoms with Crippen molar-refractivity contribution in [2.45, 2.75) is 46.1 Å². The summed E-state index contributed by atoms with van der Waals surface area (Å²) >= 11 is 0. The minimum absolute atomic E-state index is 0.166. The Hall–Kier alpha value is -0.910. The van der Waals surface area contributed by atoms with E-state index in [1.165, 1.54) is 0 Å². The molecule has 1 rings (SSSR count). The molecule has 0 bridgehead atoms. The van der Waals surface area contributed by atoms with Crippen LogP contribution in [-0.4, -0.2) is 38.1 Å². The Morgan fingerprint density at radius 2 is 1.76 bits per heavy atom. The first-order chi connectivity index (χ1) is 11.8. The lowest BCUT2D eigenvalue weighted by Gasteiger charge is -2.37. The molecule has 0 spiro atoms. The second kappa shape index (κ2) is 9.70. The fourth-order valence-corrected chi connectivity index (χ4v) is 5.67. The van der Waals surface area contributed by atoms with Crippen LogP contribution in [0.2, 0.25) is 0 Å². The molecule has 0 amide bonds. The fraction of sp³-hybridized carbons (Fsp3) is 0.667. The van der Waals surface area contributed by atoms with Crippen molar-refractivity contribution in [3.63, 3.8) is 0 Å². The number of anilines is 1. The molecule has 0 fully saturated rings. The molecule has 1 aromatic carbocycles. The van der Waals surface area contributed by atoms with Crippen LogP contribution < -0.4 is 11.5 Å². The lowest BCUT2D eigenvalue weighted by atomic mass is 9.96. The van der Waals surface area contributed by atoms with E-state index in [9.17, 15) is 4.57 Å². The number of nitrogen functional groups attached to an aromatic ring is 1. The fourth-order valence-electron chi connectivity index (χ4n) is 3.01. The van der Waals surface area contributed by atoms with Gasteiger partial charge in [-0.3, -0.25) is 4.57 Å². The van der Waals surface area contributed by atoms with Gasteiger partial charge in [0.05, 0.1) is 6.61 Å². The van der Waals surface area contributed by atoms with Crippen LogP contribution in [0.4, 0.5) is 5.69 Å². The van der Waals surface area contributed by atoms with Crippen molar-refractivity contribution in [1.82, 2.24) is 0 Å². The van der Waals surface area contributed by atoms with Crippen LogP contribution >= 0.6 is 7.37 Å². The Morgan fingerprint density at radius 3 is 2.24 bits per heavy atom. The van der Waals surface area contributed by atoms with Crippen LogP contribution in [0.15, 0.2) is 18.2 Å². The molecule has 1 aromatic rings. The molecule has 0 radical (unpaired) electrons. The van der Waals surface area contributed by atoms with E-state index in [1.54, 1.807) is 6.92 Å². The predicted octanol–water partition coefficient (Wildman–Crippen LogP) is 3.68. The molecule has 2 atom stereocenters. The van der Waals surface area contributed by atoms with Crippen LogP contribution in [0.25, 0.3) is 0 Å². The van der Waals surface area contributed by atoms with Gasteiger partial charge in [0.2, 0.25) is 5.53 Å². The Morgan fingerprint density at radius 1 is 1.16 bits per heavy atom. The van der Waals surface area contributed by atoms with Crippen LogP contribution in [-0.2, 0) is 18.6 Å². The lowest BCUT2D eigenvalue weighted by molar-refractivity contribution is -0.168. The molecular weight excluding hydrogens is 339 g/mol. The van der Waals surface area contributed by atoms with Gasteiger partial charge in [-0.2, -0.15) is 0 Å². The summed E-state index contributed by atoms with van der Waals surface area (Å²) in [6.07, 6.45) is 0.234. The quantitative estimate of drug-likeness (QED) is 0.349. The molecule has 25 heavy (non-hydrogen) atoms. The zero-order valence-electron chi connectivity index (χ0n) is 16.1. The molecule has 0 aromatic heterocycles. The number of hydrogen-bond acceptors (Lipinski definition) is 6. The molecule has 6 nitrogen and oxygen atoms in total. The maximum absolute atomic E-state index is 13.8. The molecule has 0 saturated carbocycles. The summed E-state index contributed by atoms with van der Waals surface area (Å²) in [7, 11) is -3.31. The van der Waals surface area contributed by atoms with E-state index in [-0.39, 0.29) is 12.1 Å². The lowest BCUT2D eigenvalue weighted by Crippen LogP contribution is -2.36. The van der Waals surface area contributed by atoms with Gasteiger partial charge >= 0.3 is 0 Å². The van der Waals surface area contributed by atoms with Gasteiger partial charge in [-0.05, 0) is 64.4 Å². The second-order valence-corrected chi connectivity index (χ2v) is 8.87. The molecule has 4 N–H and O–H groups in total. The summed E-state index contributed by atoms with van der Waals surface area (Å²) in [6.45, 7) is 10.6. The summed E-state index contributed by atoms with van der Waals surface area (Å²) in [5, 5.41) is 0. The van der Waals surface area contributed by atoms with Crippen molar-refractivity contribution in [2.75, 3.05) is 38.3 Å². The van der Waals surface area contributed by atoms with Gasteiger partial charge in [-0.15, -0.1) is 0 Å². The largest absolute Gasteiger partial charge is 0.399 e. The van der Waals surface area contributed by atoms with E-state index < -0.39 is 12.9 Å². The number of hydrogen-bond donors (Lipinski definition) is 2. The minimum Gasteiger partial charge on any atom is -0.399 e. The van der Waals surface area contributed by atoms with Gasteiger partial charge in [0, 0.05) is 31.0 Å². The minimum atomic E-state index is -3.31. The zero-order chi connectivity index (χ0) is 19.1. The van der Waals surface area contributed by atoms with Crippen LogP contribution in [0.5, 0.6) is 0 Å². The van der Waals surface area contributed by atoms with Crippen LogP contribution in [0.1, 0.15) is 44.7 Å². The Kier molecular flexibility index (Phi) is 8.58. The third kappa shape index (κ3) is 5.28. The molecule has 2 unspecified atom stereocenters. The van der Waals surface area contributed by atoms with E-state index in [2.05, 4.69) is 0 Å². The smallest absolute Gasteiger partial charge is 0.261 e. The van der Waals surface area contributed by atoms with Gasteiger partial charge in [0.25, 0.3) is 7.37 Å². The highest BCUT2D eigenvalue weighted by atomic mass is 31.2. The summed E-state index contributed by atoms with van der Waals surface area (Å²) in [5.41, 5.74) is 13.4. The molecular formula is C18H33N2O4P. The number of nitrogens with two attached hydrogens (primary N) is 2. The SMILES string of the molecule is CCOC(C)(OCC)P(=O)(CC(CN)c1cc(N)ccc1C)OCC. The van der Waals surface area contributed by atoms with Crippen molar-refractivity contribution in [3.8, 4) is 0 Å². The highest BCUT2D eigenvalue weighted by Gasteiger charge is 2.49. The number of aryl methyl sites for hydroxylation is 1. The van der Waals surface area contributed by atoms with E-state index in [4.69, 9.17) is 25.5 Å². The maximum Gasteiger partial charge on any atom is 0.261 e. The monoisotopic (exact) mass is 372 g/mol. The third-order valence-electron chi connectivity index (χ3n) is 4.27. The number of ether oxygens (including phenoxy) is 2. The van der Waals surface area contributed by atoms with Gasteiger partial charge in [0.1, 0.15) is 0 Å². The Labute approximate surface area is 151 Å². The molecule has 0 aliphatic rings. The van der Waals surface area contributed by atoms with E-state index in [0.29, 0.717) is 32.1 Å². The van der Waals surface area contributed by atoms with Crippen LogP contribution in [0.3, 0.4) is 0 Å². The molecule has 0 heterocycles. The highest BCUT2D eigenvalue weighted by Crippen LogP contribution is 2.62. The highest BCUT2D eigenvalue weighted by molar-refractivity contribution is 7.60. The Bertz CT molecular complexity index is 588. The number of benzene rings is 1. The van der Waals surface area contributed by atoms with Gasteiger partial charge in [-0.1, -0.05) is 6.07 Å². The van der Waals surface area contributed by atoms with Crippen molar-refractivity contribution < 1.29 is 18.6 Å². The van der Waals surface area contributed by atoms with Crippen molar-refractivity contribution in [2.24, 2.45) is 5.73 Å². The van der Waals surface area contributed by atoms with Crippen molar-refractivity contribution in [1.29, 1.82) is 0 Å². The van der Waals surface area contributed by atoms with Crippen LogP contribution in [0, 0.1) is 6.92 Å². The topological polar surface area (TPSA) is 96.8 Å². The first-order valence-corrected chi connectivity index (χ1v) is 10.7. The molecule has 0 saturated heterocycles. The molecule has 7 heteroatoms. The number of rotatable bonds is 11.